The van der Waals surface area contributed by atoms with E-state index in [-0.39, 0.29) is 0 Å². The van der Waals surface area contributed by atoms with Crippen molar-refractivity contribution in [2.45, 2.75) is 20.8 Å². The van der Waals surface area contributed by atoms with E-state index < -0.39 is 0 Å². The summed E-state index contributed by atoms with van der Waals surface area (Å²) < 4.78 is 7.49. The molecule has 2 aromatic rings. The van der Waals surface area contributed by atoms with E-state index in [1.165, 1.54) is 0 Å². The molecule has 0 unspecified atom stereocenters. The maximum atomic E-state index is 10.9. The molecule has 0 bridgehead atoms. The summed E-state index contributed by atoms with van der Waals surface area (Å²) in [7, 11) is 0. The molecule has 0 fully saturated rings. The maximum Gasteiger partial charge on any atom is 0.151 e. The van der Waals surface area contributed by atoms with Crippen LogP contribution in [0.5, 0.6) is 5.75 Å². The lowest BCUT2D eigenvalue weighted by molar-refractivity contribution is 0.112. The van der Waals surface area contributed by atoms with Crippen molar-refractivity contribution < 1.29 is 9.53 Å². The molecule has 0 saturated carbocycles. The Morgan fingerprint density at radius 2 is 1.89 bits per heavy atom. The molecule has 0 N–H and O–H groups in total. The topological polar surface area (TPSA) is 31.2 Å². The van der Waals surface area contributed by atoms with Crippen LogP contribution in [0, 0.1) is 13.8 Å². The highest BCUT2D eigenvalue weighted by molar-refractivity contribution is 5.77. The second-order valence-corrected chi connectivity index (χ2v) is 4.21. The number of ether oxygens (including phenoxy) is 1. The molecule has 0 aliphatic heterocycles. The van der Waals surface area contributed by atoms with Gasteiger partial charge in [-0.05, 0) is 51.1 Å². The van der Waals surface area contributed by atoms with Gasteiger partial charge in [-0.15, -0.1) is 0 Å². The van der Waals surface area contributed by atoms with Gasteiger partial charge in [-0.2, -0.15) is 0 Å². The Bertz CT molecular complexity index is 553. The van der Waals surface area contributed by atoms with Crippen molar-refractivity contribution in [3.63, 3.8) is 0 Å². The largest absolute Gasteiger partial charge is 0.494 e. The molecule has 1 aromatic carbocycles. The van der Waals surface area contributed by atoms with Gasteiger partial charge in [0.05, 0.1) is 6.61 Å². The number of carbonyl (C=O) groups is 1. The summed E-state index contributed by atoms with van der Waals surface area (Å²) in [6.07, 6.45) is 0.896. The molecule has 0 atom stereocenters. The van der Waals surface area contributed by atoms with Crippen LogP contribution in [0.4, 0.5) is 0 Å². The number of hydrogen-bond donors (Lipinski definition) is 0. The second kappa shape index (κ2) is 5.08. The predicted molar refractivity (Wildman–Crippen MR) is 71.8 cm³/mol. The fraction of sp³-hybridized carbons (Fsp3) is 0.267. The molecule has 18 heavy (non-hydrogen) atoms. The van der Waals surface area contributed by atoms with Gasteiger partial charge < -0.3 is 9.30 Å². The van der Waals surface area contributed by atoms with Crippen LogP contribution in [0.1, 0.15) is 28.7 Å². The zero-order valence-corrected chi connectivity index (χ0v) is 10.9. The molecular formula is C15H17NO2. The molecule has 1 heterocycles. The van der Waals surface area contributed by atoms with Crippen LogP contribution >= 0.6 is 0 Å². The van der Waals surface area contributed by atoms with Crippen molar-refractivity contribution in [2.75, 3.05) is 6.61 Å². The number of carbonyl (C=O) groups excluding carboxylic acids is 1. The average Bonchev–Trinajstić information content (AvgIpc) is 2.66. The second-order valence-electron chi connectivity index (χ2n) is 4.21. The Morgan fingerprint density at radius 1 is 1.22 bits per heavy atom. The SMILES string of the molecule is CCOc1ccc(-n2c(C)cc(C=O)c2C)cc1. The summed E-state index contributed by atoms with van der Waals surface area (Å²) in [5.74, 6) is 0.860. The van der Waals surface area contributed by atoms with Crippen LogP contribution in [-0.4, -0.2) is 17.5 Å². The van der Waals surface area contributed by atoms with Gasteiger partial charge in [0.1, 0.15) is 5.75 Å². The summed E-state index contributed by atoms with van der Waals surface area (Å²) in [5, 5.41) is 0. The molecule has 0 amide bonds. The first-order chi connectivity index (χ1) is 8.67. The van der Waals surface area contributed by atoms with Gasteiger partial charge in [0, 0.05) is 22.6 Å². The monoisotopic (exact) mass is 243 g/mol. The van der Waals surface area contributed by atoms with Crippen molar-refractivity contribution in [1.82, 2.24) is 4.57 Å². The number of hydrogen-bond acceptors (Lipinski definition) is 2. The highest BCUT2D eigenvalue weighted by Gasteiger charge is 2.09. The third-order valence-electron chi connectivity index (χ3n) is 3.00. The van der Waals surface area contributed by atoms with E-state index in [9.17, 15) is 4.79 Å². The summed E-state index contributed by atoms with van der Waals surface area (Å²) >= 11 is 0. The van der Waals surface area contributed by atoms with Crippen LogP contribution in [0.2, 0.25) is 0 Å². The number of aldehydes is 1. The maximum absolute atomic E-state index is 10.9. The third kappa shape index (κ3) is 2.16. The van der Waals surface area contributed by atoms with Crippen LogP contribution < -0.4 is 4.74 Å². The Labute approximate surface area is 107 Å². The minimum Gasteiger partial charge on any atom is -0.494 e. The van der Waals surface area contributed by atoms with Crippen LogP contribution in [-0.2, 0) is 0 Å². The van der Waals surface area contributed by atoms with Gasteiger partial charge in [0.2, 0.25) is 0 Å². The lowest BCUT2D eigenvalue weighted by Crippen LogP contribution is -2.00. The first kappa shape index (κ1) is 12.4. The fourth-order valence-electron chi connectivity index (χ4n) is 2.16. The van der Waals surface area contributed by atoms with Crippen molar-refractivity contribution in [3.05, 3.63) is 47.3 Å². The first-order valence-corrected chi connectivity index (χ1v) is 6.04. The molecule has 0 saturated heterocycles. The molecular weight excluding hydrogens is 226 g/mol. The van der Waals surface area contributed by atoms with Crippen LogP contribution in [0.3, 0.4) is 0 Å². The summed E-state index contributed by atoms with van der Waals surface area (Å²) in [5.41, 5.74) is 3.80. The van der Waals surface area contributed by atoms with Gasteiger partial charge in [-0.1, -0.05) is 0 Å². The standard InChI is InChI=1S/C15H17NO2/c1-4-18-15-7-5-14(6-8-15)16-11(2)9-13(10-17)12(16)3/h5-10H,4H2,1-3H3. The van der Waals surface area contributed by atoms with Crippen LogP contribution in [0.15, 0.2) is 30.3 Å². The molecule has 0 aliphatic carbocycles. The zero-order valence-electron chi connectivity index (χ0n) is 10.9. The number of aryl methyl sites for hydroxylation is 1. The van der Waals surface area contributed by atoms with Gasteiger partial charge in [-0.3, -0.25) is 4.79 Å². The van der Waals surface area contributed by atoms with Gasteiger partial charge >= 0.3 is 0 Å². The minimum atomic E-state index is 0.663. The van der Waals surface area contributed by atoms with E-state index in [1.807, 2.05) is 51.1 Å². The predicted octanol–water partition coefficient (Wildman–Crippen LogP) is 3.31. The first-order valence-electron chi connectivity index (χ1n) is 6.04. The summed E-state index contributed by atoms with van der Waals surface area (Å²) in [4.78, 5) is 10.9. The molecule has 3 heteroatoms. The molecule has 1 aromatic heterocycles. The van der Waals surface area contributed by atoms with E-state index in [0.29, 0.717) is 6.61 Å². The Balaban J connectivity index is 2.42. The van der Waals surface area contributed by atoms with Gasteiger partial charge in [-0.25, -0.2) is 0 Å². The van der Waals surface area contributed by atoms with E-state index in [4.69, 9.17) is 4.74 Å². The lowest BCUT2D eigenvalue weighted by atomic mass is 10.2. The molecule has 0 aliphatic rings. The van der Waals surface area contributed by atoms with Gasteiger partial charge in [0.25, 0.3) is 0 Å². The lowest BCUT2D eigenvalue weighted by Gasteiger charge is -2.10. The highest BCUT2D eigenvalue weighted by Crippen LogP contribution is 2.21. The zero-order chi connectivity index (χ0) is 13.1. The van der Waals surface area contributed by atoms with Crippen molar-refractivity contribution in [3.8, 4) is 11.4 Å². The Kier molecular flexibility index (Phi) is 3.51. The Morgan fingerprint density at radius 3 is 2.39 bits per heavy atom. The Hall–Kier alpha value is -2.03. The van der Waals surface area contributed by atoms with Gasteiger partial charge in [0.15, 0.2) is 6.29 Å². The fourth-order valence-corrected chi connectivity index (χ4v) is 2.16. The molecule has 94 valence electrons. The minimum absolute atomic E-state index is 0.663. The van der Waals surface area contributed by atoms with Crippen molar-refractivity contribution in [2.24, 2.45) is 0 Å². The molecule has 2 rings (SSSR count). The summed E-state index contributed by atoms with van der Waals surface area (Å²) in [6, 6.07) is 9.79. The normalized spacial score (nSPS) is 10.4. The smallest absolute Gasteiger partial charge is 0.151 e. The van der Waals surface area contributed by atoms with Crippen LogP contribution in [0.25, 0.3) is 5.69 Å². The van der Waals surface area contributed by atoms with E-state index in [1.54, 1.807) is 0 Å². The van der Waals surface area contributed by atoms with E-state index in [2.05, 4.69) is 4.57 Å². The van der Waals surface area contributed by atoms with E-state index >= 15 is 0 Å². The van der Waals surface area contributed by atoms with Crippen molar-refractivity contribution >= 4 is 6.29 Å². The number of benzene rings is 1. The number of aromatic nitrogens is 1. The summed E-state index contributed by atoms with van der Waals surface area (Å²) in [6.45, 7) is 6.57. The van der Waals surface area contributed by atoms with Crippen molar-refractivity contribution in [1.29, 1.82) is 0 Å². The molecule has 0 spiro atoms. The quantitative estimate of drug-likeness (QED) is 0.771. The molecule has 3 nitrogen and oxygen atoms in total. The third-order valence-corrected chi connectivity index (χ3v) is 3.00. The molecule has 0 radical (unpaired) electrons. The highest BCUT2D eigenvalue weighted by atomic mass is 16.5. The number of nitrogens with zero attached hydrogens (tertiary/aromatic N) is 1. The average molecular weight is 243 g/mol. The van der Waals surface area contributed by atoms with E-state index in [0.717, 1.165) is 34.7 Å². The number of rotatable bonds is 4.